The summed E-state index contributed by atoms with van der Waals surface area (Å²) in [7, 11) is 1.63. The van der Waals surface area contributed by atoms with Gasteiger partial charge in [-0.3, -0.25) is 0 Å². The van der Waals surface area contributed by atoms with Crippen molar-refractivity contribution in [2.24, 2.45) is 0 Å². The van der Waals surface area contributed by atoms with Crippen LogP contribution >= 0.6 is 23.1 Å². The lowest BCUT2D eigenvalue weighted by molar-refractivity contribution is 0.415. The first-order chi connectivity index (χ1) is 6.79. The van der Waals surface area contributed by atoms with E-state index in [0.717, 1.165) is 11.3 Å². The molecule has 0 saturated carbocycles. The number of hydrogen-bond donors (Lipinski definition) is 0. The zero-order valence-corrected chi connectivity index (χ0v) is 8.97. The first kappa shape index (κ1) is 9.43. The standard InChI is InChI=1S/C9H7ClN2OS/c1-13-7-4-2-6(3-5-7)8-11-9(10)14-12-8/h2-5H,1H3. The van der Waals surface area contributed by atoms with E-state index >= 15 is 0 Å². The number of halogens is 1. The van der Waals surface area contributed by atoms with Crippen molar-refractivity contribution in [3.8, 4) is 17.1 Å². The number of rotatable bonds is 2. The molecule has 0 atom stereocenters. The van der Waals surface area contributed by atoms with Crippen molar-refractivity contribution in [2.45, 2.75) is 0 Å². The van der Waals surface area contributed by atoms with Gasteiger partial charge in [0.15, 0.2) is 5.82 Å². The first-order valence-corrected chi connectivity index (χ1v) is 5.08. The number of benzene rings is 1. The second-order valence-electron chi connectivity index (χ2n) is 2.60. The Hall–Kier alpha value is -1.13. The van der Waals surface area contributed by atoms with E-state index in [-0.39, 0.29) is 0 Å². The molecule has 0 aliphatic carbocycles. The van der Waals surface area contributed by atoms with E-state index < -0.39 is 0 Å². The second kappa shape index (κ2) is 3.94. The number of nitrogens with zero attached hydrogens (tertiary/aromatic N) is 2. The molecule has 3 nitrogen and oxygen atoms in total. The van der Waals surface area contributed by atoms with Gasteiger partial charge in [0, 0.05) is 5.56 Å². The third-order valence-corrected chi connectivity index (χ3v) is 2.55. The van der Waals surface area contributed by atoms with Gasteiger partial charge in [0.05, 0.1) is 7.11 Å². The molecule has 2 rings (SSSR count). The molecule has 0 aliphatic rings. The highest BCUT2D eigenvalue weighted by Gasteiger charge is 2.04. The largest absolute Gasteiger partial charge is 0.497 e. The van der Waals surface area contributed by atoms with Crippen LogP contribution in [0.3, 0.4) is 0 Å². The lowest BCUT2D eigenvalue weighted by Crippen LogP contribution is -1.83. The van der Waals surface area contributed by atoms with Gasteiger partial charge in [-0.25, -0.2) is 4.98 Å². The van der Waals surface area contributed by atoms with Crippen LogP contribution < -0.4 is 4.74 Å². The summed E-state index contributed by atoms with van der Waals surface area (Å²) in [5, 5.41) is 0. The molecule has 0 amide bonds. The van der Waals surface area contributed by atoms with E-state index in [9.17, 15) is 0 Å². The summed E-state index contributed by atoms with van der Waals surface area (Å²) in [5.74, 6) is 1.47. The maximum atomic E-state index is 5.69. The highest BCUT2D eigenvalue weighted by Crippen LogP contribution is 2.22. The van der Waals surface area contributed by atoms with E-state index in [2.05, 4.69) is 9.36 Å². The Bertz CT molecular complexity index is 427. The molecule has 0 unspecified atom stereocenters. The Morgan fingerprint density at radius 1 is 1.29 bits per heavy atom. The summed E-state index contributed by atoms with van der Waals surface area (Å²) >= 11 is 6.87. The fourth-order valence-electron chi connectivity index (χ4n) is 1.06. The minimum absolute atomic E-state index is 0.454. The minimum Gasteiger partial charge on any atom is -0.497 e. The van der Waals surface area contributed by atoms with Crippen LogP contribution in [0.1, 0.15) is 0 Å². The highest BCUT2D eigenvalue weighted by atomic mass is 35.5. The van der Waals surface area contributed by atoms with Crippen LogP contribution in [0.5, 0.6) is 5.75 Å². The number of methoxy groups -OCH3 is 1. The van der Waals surface area contributed by atoms with Gasteiger partial charge >= 0.3 is 0 Å². The Morgan fingerprint density at radius 3 is 2.50 bits per heavy atom. The predicted octanol–water partition coefficient (Wildman–Crippen LogP) is 2.87. The molecular formula is C9H7ClN2OS. The van der Waals surface area contributed by atoms with Crippen LogP contribution in [0, 0.1) is 0 Å². The molecule has 1 heterocycles. The summed E-state index contributed by atoms with van der Waals surface area (Å²) in [6.45, 7) is 0. The third-order valence-electron chi connectivity index (χ3n) is 1.75. The number of hydrogen-bond acceptors (Lipinski definition) is 4. The van der Waals surface area contributed by atoms with Crippen molar-refractivity contribution in [1.29, 1.82) is 0 Å². The monoisotopic (exact) mass is 226 g/mol. The van der Waals surface area contributed by atoms with Gasteiger partial charge in [-0.05, 0) is 47.4 Å². The molecule has 72 valence electrons. The minimum atomic E-state index is 0.454. The molecule has 0 aliphatic heterocycles. The Labute approximate surface area is 90.5 Å². The fourth-order valence-corrected chi connectivity index (χ4v) is 1.68. The van der Waals surface area contributed by atoms with Crippen molar-refractivity contribution < 1.29 is 4.74 Å². The lowest BCUT2D eigenvalue weighted by atomic mass is 10.2. The molecule has 0 bridgehead atoms. The molecule has 0 fully saturated rings. The highest BCUT2D eigenvalue weighted by molar-refractivity contribution is 7.10. The second-order valence-corrected chi connectivity index (χ2v) is 3.93. The summed E-state index contributed by atoms with van der Waals surface area (Å²) in [4.78, 5) is 4.07. The van der Waals surface area contributed by atoms with Crippen LogP contribution in [0.2, 0.25) is 4.47 Å². The first-order valence-electron chi connectivity index (χ1n) is 3.93. The molecule has 0 saturated heterocycles. The smallest absolute Gasteiger partial charge is 0.203 e. The number of aromatic nitrogens is 2. The van der Waals surface area contributed by atoms with Crippen molar-refractivity contribution >= 4 is 23.1 Å². The molecule has 0 spiro atoms. The number of ether oxygens (including phenoxy) is 1. The fraction of sp³-hybridized carbons (Fsp3) is 0.111. The van der Waals surface area contributed by atoms with Crippen molar-refractivity contribution in [2.75, 3.05) is 7.11 Å². The average molecular weight is 227 g/mol. The van der Waals surface area contributed by atoms with Crippen molar-refractivity contribution in [3.05, 3.63) is 28.7 Å². The van der Waals surface area contributed by atoms with Crippen LogP contribution in [0.25, 0.3) is 11.4 Å². The van der Waals surface area contributed by atoms with Crippen LogP contribution in [-0.4, -0.2) is 16.5 Å². The van der Waals surface area contributed by atoms with Crippen LogP contribution in [-0.2, 0) is 0 Å². The summed E-state index contributed by atoms with van der Waals surface area (Å²) in [6.07, 6.45) is 0. The lowest BCUT2D eigenvalue weighted by Gasteiger charge is -1.99. The van der Waals surface area contributed by atoms with Gasteiger partial charge in [0.25, 0.3) is 0 Å². The molecule has 0 N–H and O–H groups in total. The quantitative estimate of drug-likeness (QED) is 0.790. The summed E-state index contributed by atoms with van der Waals surface area (Å²) in [6, 6.07) is 7.53. The summed E-state index contributed by atoms with van der Waals surface area (Å²) in [5.41, 5.74) is 0.939. The maximum absolute atomic E-state index is 5.69. The average Bonchev–Trinajstić information content (AvgIpc) is 2.65. The topological polar surface area (TPSA) is 35.0 Å². The van der Waals surface area contributed by atoms with E-state index in [1.54, 1.807) is 7.11 Å². The van der Waals surface area contributed by atoms with Gasteiger partial charge in [0.2, 0.25) is 4.47 Å². The predicted molar refractivity (Wildman–Crippen MR) is 56.9 cm³/mol. The Balaban J connectivity index is 2.33. The van der Waals surface area contributed by atoms with E-state index in [1.165, 1.54) is 11.5 Å². The van der Waals surface area contributed by atoms with E-state index in [1.807, 2.05) is 24.3 Å². The maximum Gasteiger partial charge on any atom is 0.203 e. The van der Waals surface area contributed by atoms with Gasteiger partial charge in [-0.2, -0.15) is 4.37 Å². The van der Waals surface area contributed by atoms with Crippen molar-refractivity contribution in [3.63, 3.8) is 0 Å². The third kappa shape index (κ3) is 1.86. The SMILES string of the molecule is COc1ccc(-c2nsc(Cl)n2)cc1. The van der Waals surface area contributed by atoms with Gasteiger partial charge in [-0.15, -0.1) is 0 Å². The molecule has 1 aromatic heterocycles. The Kier molecular flexibility index (Phi) is 2.65. The summed E-state index contributed by atoms with van der Waals surface area (Å²) < 4.78 is 9.60. The van der Waals surface area contributed by atoms with E-state index in [0.29, 0.717) is 10.3 Å². The molecule has 2 aromatic rings. The Morgan fingerprint density at radius 2 is 2.00 bits per heavy atom. The normalized spacial score (nSPS) is 10.1. The zero-order chi connectivity index (χ0) is 9.97. The van der Waals surface area contributed by atoms with Gasteiger partial charge in [0.1, 0.15) is 5.75 Å². The molecule has 1 aromatic carbocycles. The van der Waals surface area contributed by atoms with Crippen LogP contribution in [0.15, 0.2) is 24.3 Å². The van der Waals surface area contributed by atoms with Gasteiger partial charge in [-0.1, -0.05) is 0 Å². The molecular weight excluding hydrogens is 220 g/mol. The van der Waals surface area contributed by atoms with Crippen LogP contribution in [0.4, 0.5) is 0 Å². The molecule has 5 heteroatoms. The molecule has 14 heavy (non-hydrogen) atoms. The molecule has 0 radical (unpaired) electrons. The van der Waals surface area contributed by atoms with Crippen molar-refractivity contribution in [1.82, 2.24) is 9.36 Å². The van der Waals surface area contributed by atoms with E-state index in [4.69, 9.17) is 16.3 Å². The van der Waals surface area contributed by atoms with Gasteiger partial charge < -0.3 is 4.74 Å². The zero-order valence-electron chi connectivity index (χ0n) is 7.40.